The molecule has 364 valence electrons. The van der Waals surface area contributed by atoms with Crippen LogP contribution in [0.3, 0.4) is 0 Å². The van der Waals surface area contributed by atoms with Crippen molar-refractivity contribution in [2.45, 2.75) is 51.8 Å². The van der Waals surface area contributed by atoms with Gasteiger partial charge in [0.1, 0.15) is 0 Å². The SMILES string of the molecule is c1ccc(C23CCCC4(c5ccccc5)C56c7c8c9c%10c%11c%12c%13c%14c%15c(c%16c%17c5c5c7c7c9c9c%18c%10c%10c%12c%12c%13c%13c%15c%15c%16c%16c%17c%17c5c5c7c7c9c9c%18c%18c%10c%10c%12c%12c%13c%15c%13c%16c%15c%17c%16c5c7c5c9c7c%18c%10c9c%12c%13c%10c%15c%16c5c7c9%10)C46C%142C8%113)cc1. The van der Waals surface area contributed by atoms with Gasteiger partial charge in [-0.3, -0.25) is 0 Å². The number of benzene rings is 24. The zero-order valence-electron chi connectivity index (χ0n) is 44.9. The van der Waals surface area contributed by atoms with Crippen LogP contribution in [-0.2, 0) is 32.5 Å². The minimum Gasteiger partial charge on any atom is -0.0622 e. The highest BCUT2D eigenvalue weighted by Gasteiger charge is 3.12. The van der Waals surface area contributed by atoms with Crippen molar-refractivity contribution in [1.82, 2.24) is 0 Å². The second kappa shape index (κ2) is 7.21. The zero-order chi connectivity index (χ0) is 51.5. The molecule has 0 bridgehead atoms. The lowest BCUT2D eigenvalue weighted by molar-refractivity contribution is 0.384. The first-order valence-corrected chi connectivity index (χ1v) is 33.3. The van der Waals surface area contributed by atoms with E-state index in [4.69, 9.17) is 0 Å². The molecule has 3 fully saturated rings. The molecule has 87 heavy (non-hydrogen) atoms. The van der Waals surface area contributed by atoms with Crippen LogP contribution >= 0.6 is 0 Å². The molecule has 4 spiro atoms. The van der Waals surface area contributed by atoms with Crippen molar-refractivity contribution >= 4 is 323 Å². The van der Waals surface area contributed by atoms with Gasteiger partial charge < -0.3 is 0 Å². The Morgan fingerprint density at radius 2 is 0.333 bits per heavy atom. The topological polar surface area (TPSA) is 0 Å². The highest BCUT2D eigenvalue weighted by Crippen LogP contribution is 3.11. The van der Waals surface area contributed by atoms with Gasteiger partial charge in [-0.2, -0.15) is 0 Å². The number of hydrogen-bond acceptors (Lipinski definition) is 0. The van der Waals surface area contributed by atoms with Crippen molar-refractivity contribution in [3.63, 3.8) is 0 Å². The van der Waals surface area contributed by atoms with Crippen LogP contribution in [0, 0.1) is 0 Å². The molecule has 3 saturated carbocycles. The summed E-state index contributed by atoms with van der Waals surface area (Å²) >= 11 is 0. The van der Waals surface area contributed by atoms with Gasteiger partial charge in [0.15, 0.2) is 0 Å². The maximum Gasteiger partial charge on any atom is 0.0446 e. The molecule has 33 aromatic carbocycles. The van der Waals surface area contributed by atoms with Gasteiger partial charge >= 0.3 is 0 Å². The first-order chi connectivity index (χ1) is 43.4. The first-order valence-electron chi connectivity index (χ1n) is 33.3. The van der Waals surface area contributed by atoms with Crippen molar-refractivity contribution in [2.75, 3.05) is 0 Å². The summed E-state index contributed by atoms with van der Waals surface area (Å²) in [5.41, 5.74) is 13.5. The fraction of sp³-hybridized carbons (Fsp3) is 0.103. The number of hydrogen-bond donors (Lipinski definition) is 0. The predicted molar refractivity (Wildman–Crippen MR) is 362 cm³/mol. The molecule has 0 radical (unpaired) electrons. The fourth-order valence-corrected chi connectivity index (χ4v) is 35.0. The molecule has 0 N–H and O–H groups in total. The average molecular weight is 1060 g/mol. The van der Waals surface area contributed by atoms with Gasteiger partial charge in [0.05, 0.1) is 0 Å². The van der Waals surface area contributed by atoms with Crippen molar-refractivity contribution in [2.24, 2.45) is 0 Å². The highest BCUT2D eigenvalue weighted by atomic mass is 15.1. The molecule has 0 heteroatoms. The molecular weight excluding hydrogens is 1040 g/mol. The van der Waals surface area contributed by atoms with E-state index < -0.39 is 0 Å². The van der Waals surface area contributed by atoms with Crippen LogP contribution in [-0.4, -0.2) is 0 Å². The molecule has 6 unspecified atom stereocenters. The molecule has 0 aliphatic heterocycles. The Kier molecular flexibility index (Phi) is 2.68. The van der Waals surface area contributed by atoms with Crippen LogP contribution in [0.4, 0.5) is 0 Å². The van der Waals surface area contributed by atoms with E-state index in [1.54, 1.807) is 334 Å². The molecule has 0 aromatic heterocycles. The molecule has 0 amide bonds. The normalized spacial score (nSPS) is 29.1. The Hall–Kier alpha value is -10.1. The molecule has 9 aliphatic carbocycles. The van der Waals surface area contributed by atoms with Crippen molar-refractivity contribution in [3.8, 4) is 0 Å². The van der Waals surface area contributed by atoms with E-state index in [2.05, 4.69) is 60.7 Å². The van der Waals surface area contributed by atoms with Crippen LogP contribution in [0.2, 0.25) is 0 Å². The Labute approximate surface area is 477 Å². The van der Waals surface area contributed by atoms with Crippen LogP contribution in [0.15, 0.2) is 60.7 Å². The fourth-order valence-electron chi connectivity index (χ4n) is 35.0. The largest absolute Gasteiger partial charge is 0.0622 e. The van der Waals surface area contributed by atoms with Crippen LogP contribution in [0.25, 0.3) is 323 Å². The minimum atomic E-state index is -0.237. The van der Waals surface area contributed by atoms with Gasteiger partial charge in [-0.25, -0.2) is 0 Å². The highest BCUT2D eigenvalue weighted by molar-refractivity contribution is 6.83. The van der Waals surface area contributed by atoms with E-state index in [1.165, 1.54) is 19.3 Å². The molecule has 42 rings (SSSR count). The zero-order valence-corrected chi connectivity index (χ0v) is 44.9. The van der Waals surface area contributed by atoms with Gasteiger partial charge in [-0.05, 0) is 381 Å². The van der Waals surface area contributed by atoms with Crippen molar-refractivity contribution in [3.05, 3.63) is 105 Å². The molecule has 9 aliphatic rings. The van der Waals surface area contributed by atoms with Crippen LogP contribution < -0.4 is 0 Å². The molecule has 0 heterocycles. The van der Waals surface area contributed by atoms with Crippen LogP contribution in [0.1, 0.15) is 63.8 Å². The monoisotopic (exact) mass is 1060 g/mol. The molecule has 33 aromatic rings. The average Bonchev–Trinajstić information content (AvgIpc) is 1.32. The van der Waals surface area contributed by atoms with E-state index in [0.29, 0.717) is 0 Å². The van der Waals surface area contributed by atoms with Crippen molar-refractivity contribution < 1.29 is 0 Å². The second-order valence-corrected chi connectivity index (χ2v) is 33.1. The summed E-state index contributed by atoms with van der Waals surface area (Å²) in [6.07, 6.45) is 3.73. The minimum absolute atomic E-state index is 0.150. The quantitative estimate of drug-likeness (QED) is 0.120. The van der Waals surface area contributed by atoms with E-state index in [1.807, 2.05) is 33.4 Å². The summed E-state index contributed by atoms with van der Waals surface area (Å²) in [6.45, 7) is 0. The van der Waals surface area contributed by atoms with Gasteiger partial charge in [-0.1, -0.05) is 67.1 Å². The maximum atomic E-state index is 2.73. The van der Waals surface area contributed by atoms with E-state index in [-0.39, 0.29) is 32.5 Å². The van der Waals surface area contributed by atoms with Gasteiger partial charge in [0, 0.05) is 32.5 Å². The standard InChI is InChI=1S/C87H16/c1-3-8-14(9-4-1)82-12-7-13-83(15-10-5-2-6-11-15)85-77-68-61-53-43-33-25-19-16-17-20-26-24-18(16)22-23(19)31-39(33)49-51-41(31)40-30(22)38-32(24)42-34(26)44-36-28(20)29-21(17)27(25)35(43)45-37(29)47-46(36)56-62-54(44)60-52(42)58-48(38)50(40)64-65(51)74(70(77)59(49)53)81(85)80-73(64)69(58)76-67(60)71(62)78-75-66(56)57(47)63(55(45)61)72(68)79(75)87(83,85)86(78,82)84(76,80)82/h1-6,8-11H,7,12-13H2. The lowest BCUT2D eigenvalue weighted by atomic mass is 9.58. The Balaban J connectivity index is 1.06. The lowest BCUT2D eigenvalue weighted by Crippen LogP contribution is -2.44. The van der Waals surface area contributed by atoms with E-state index in [0.717, 1.165) is 0 Å². The predicted octanol–water partition coefficient (Wildman–Crippen LogP) is 22.2. The smallest absolute Gasteiger partial charge is 0.0446 e. The number of rotatable bonds is 2. The summed E-state index contributed by atoms with van der Waals surface area (Å²) in [5, 5.41) is 102. The van der Waals surface area contributed by atoms with Gasteiger partial charge in [-0.15, -0.1) is 0 Å². The first kappa shape index (κ1) is 32.4. The second-order valence-electron chi connectivity index (χ2n) is 33.1. The lowest BCUT2D eigenvalue weighted by Gasteiger charge is -2.42. The summed E-state index contributed by atoms with van der Waals surface area (Å²) in [7, 11) is 0. The maximum absolute atomic E-state index is 2.73. The third-order valence-electron chi connectivity index (χ3n) is 34.0. The van der Waals surface area contributed by atoms with Crippen molar-refractivity contribution in [1.29, 1.82) is 0 Å². The third-order valence-corrected chi connectivity index (χ3v) is 34.0. The third kappa shape index (κ3) is 1.62. The summed E-state index contributed by atoms with van der Waals surface area (Å²) < 4.78 is 0. The Morgan fingerprint density at radius 3 is 0.552 bits per heavy atom. The molecule has 0 saturated heterocycles. The molecular formula is C87H16. The Bertz CT molecular complexity index is 8950. The van der Waals surface area contributed by atoms with Crippen LogP contribution in [0.5, 0.6) is 0 Å². The van der Waals surface area contributed by atoms with E-state index in [9.17, 15) is 0 Å². The summed E-state index contributed by atoms with van der Waals surface area (Å²) in [5.74, 6) is 0. The van der Waals surface area contributed by atoms with E-state index >= 15 is 0 Å². The van der Waals surface area contributed by atoms with Gasteiger partial charge in [0.2, 0.25) is 0 Å². The Morgan fingerprint density at radius 1 is 0.161 bits per heavy atom. The molecule has 6 atom stereocenters. The van der Waals surface area contributed by atoms with Gasteiger partial charge in [0.25, 0.3) is 0 Å². The summed E-state index contributed by atoms with van der Waals surface area (Å²) in [4.78, 5) is 0. The summed E-state index contributed by atoms with van der Waals surface area (Å²) in [6, 6.07) is 25.7. The molecule has 0 nitrogen and oxygen atoms in total.